The molecule has 1 unspecified atom stereocenters. The fraction of sp³-hybridized carbons (Fsp3) is 0.333. The third-order valence-corrected chi connectivity index (χ3v) is 8.92. The lowest BCUT2D eigenvalue weighted by molar-refractivity contribution is 0.447. The predicted molar refractivity (Wildman–Crippen MR) is 132 cm³/mol. The molecule has 0 amide bonds. The minimum Gasteiger partial charge on any atom is -0.382 e. The normalized spacial score (nSPS) is 18.5. The second-order valence-electron chi connectivity index (χ2n) is 8.68. The Balaban J connectivity index is 1.49. The standard InChI is InChI=1S/C24H26ClN5O2S/c1-29(33(31,32)18-9-3-2-4-10-18)21-12-11-17(13-20(21)25)30-14-19(16-7-5-6-8-16)22-23(30)24(26)28-15-27-22/h2-4,9-13,15-16,19H,5-8,14H2,1H3,(H2,26,27,28). The lowest BCUT2D eigenvalue weighted by Gasteiger charge is -2.25. The number of benzene rings is 2. The first-order chi connectivity index (χ1) is 15.9. The van der Waals surface area contributed by atoms with Gasteiger partial charge in [-0.2, -0.15) is 0 Å². The zero-order valence-corrected chi connectivity index (χ0v) is 19.9. The van der Waals surface area contributed by atoms with Crippen LogP contribution in [0.3, 0.4) is 0 Å². The molecule has 1 aliphatic heterocycles. The van der Waals surface area contributed by atoms with Crippen LogP contribution in [-0.4, -0.2) is 32.0 Å². The molecular formula is C24H26ClN5O2S. The zero-order valence-electron chi connectivity index (χ0n) is 18.4. The summed E-state index contributed by atoms with van der Waals surface area (Å²) in [5, 5.41) is 0.343. The second kappa shape index (κ2) is 8.50. The van der Waals surface area contributed by atoms with Crippen LogP contribution in [-0.2, 0) is 10.0 Å². The third kappa shape index (κ3) is 3.81. The first-order valence-corrected chi connectivity index (χ1v) is 12.9. The minimum absolute atomic E-state index is 0.213. The summed E-state index contributed by atoms with van der Waals surface area (Å²) in [4.78, 5) is 11.2. The Morgan fingerprint density at radius 2 is 1.82 bits per heavy atom. The van der Waals surface area contributed by atoms with Gasteiger partial charge in [0, 0.05) is 25.2 Å². The number of rotatable bonds is 5. The van der Waals surface area contributed by atoms with Gasteiger partial charge in [0.15, 0.2) is 5.82 Å². The van der Waals surface area contributed by atoms with Crippen molar-refractivity contribution in [2.45, 2.75) is 36.5 Å². The Labute approximate surface area is 199 Å². The van der Waals surface area contributed by atoms with Gasteiger partial charge in [-0.3, -0.25) is 4.31 Å². The maximum Gasteiger partial charge on any atom is 0.264 e. The third-order valence-electron chi connectivity index (χ3n) is 6.83. The average molecular weight is 484 g/mol. The van der Waals surface area contributed by atoms with Crippen molar-refractivity contribution in [2.75, 3.05) is 28.5 Å². The van der Waals surface area contributed by atoms with Crippen molar-refractivity contribution in [3.8, 4) is 0 Å². The Morgan fingerprint density at radius 3 is 2.52 bits per heavy atom. The predicted octanol–water partition coefficient (Wildman–Crippen LogP) is 4.96. The van der Waals surface area contributed by atoms with E-state index in [-0.39, 0.29) is 4.90 Å². The van der Waals surface area contributed by atoms with E-state index in [1.165, 1.54) is 37.0 Å². The van der Waals surface area contributed by atoms with Crippen LogP contribution in [0, 0.1) is 5.92 Å². The van der Waals surface area contributed by atoms with Crippen LogP contribution < -0.4 is 14.9 Å². The van der Waals surface area contributed by atoms with Gasteiger partial charge in [-0.1, -0.05) is 42.6 Å². The number of hydrogen-bond donors (Lipinski definition) is 1. The van der Waals surface area contributed by atoms with Crippen molar-refractivity contribution >= 4 is 44.5 Å². The van der Waals surface area contributed by atoms with Gasteiger partial charge in [-0.05, 0) is 49.1 Å². The molecule has 0 saturated heterocycles. The topological polar surface area (TPSA) is 92.4 Å². The van der Waals surface area contributed by atoms with Gasteiger partial charge in [-0.15, -0.1) is 0 Å². The summed E-state index contributed by atoms with van der Waals surface area (Å²) in [6, 6.07) is 13.7. The smallest absolute Gasteiger partial charge is 0.264 e. The number of fused-ring (bicyclic) bond motifs is 1. The number of nitrogens with two attached hydrogens (primary N) is 1. The molecule has 7 nitrogen and oxygen atoms in total. The summed E-state index contributed by atoms with van der Waals surface area (Å²) in [7, 11) is -2.22. The van der Waals surface area contributed by atoms with Gasteiger partial charge >= 0.3 is 0 Å². The van der Waals surface area contributed by atoms with E-state index in [1.54, 1.807) is 48.8 Å². The molecular weight excluding hydrogens is 458 g/mol. The zero-order chi connectivity index (χ0) is 23.2. The number of anilines is 4. The molecule has 1 fully saturated rings. The molecule has 3 aromatic rings. The quantitative estimate of drug-likeness (QED) is 0.551. The van der Waals surface area contributed by atoms with Gasteiger partial charge in [0.05, 0.1) is 21.3 Å². The SMILES string of the molecule is CN(c1ccc(N2CC(C3CCCC3)c3ncnc(N)c32)cc1Cl)S(=O)(=O)c1ccccc1. The Bertz CT molecular complexity index is 1280. The maximum atomic E-state index is 13.0. The molecule has 1 saturated carbocycles. The van der Waals surface area contributed by atoms with Crippen molar-refractivity contribution in [1.82, 2.24) is 9.97 Å². The van der Waals surface area contributed by atoms with Crippen LogP contribution in [0.1, 0.15) is 37.3 Å². The van der Waals surface area contributed by atoms with Gasteiger partial charge in [0.2, 0.25) is 0 Å². The lowest BCUT2D eigenvalue weighted by Crippen LogP contribution is -2.27. The lowest BCUT2D eigenvalue weighted by atomic mass is 9.89. The molecule has 0 spiro atoms. The highest BCUT2D eigenvalue weighted by atomic mass is 35.5. The second-order valence-corrected chi connectivity index (χ2v) is 11.1. The van der Waals surface area contributed by atoms with E-state index in [9.17, 15) is 8.42 Å². The summed E-state index contributed by atoms with van der Waals surface area (Å²) in [5.41, 5.74) is 9.38. The number of hydrogen-bond acceptors (Lipinski definition) is 6. The molecule has 2 heterocycles. The highest BCUT2D eigenvalue weighted by Gasteiger charge is 2.39. The van der Waals surface area contributed by atoms with E-state index < -0.39 is 10.0 Å². The molecule has 0 bridgehead atoms. The first kappa shape index (κ1) is 22.0. The molecule has 9 heteroatoms. The molecule has 5 rings (SSSR count). The van der Waals surface area contributed by atoms with Crippen molar-refractivity contribution < 1.29 is 8.42 Å². The van der Waals surface area contributed by atoms with Gasteiger partial charge < -0.3 is 10.6 Å². The Hall–Kier alpha value is -2.84. The minimum atomic E-state index is -3.73. The number of sulfonamides is 1. The highest BCUT2D eigenvalue weighted by molar-refractivity contribution is 7.92. The van der Waals surface area contributed by atoms with Crippen LogP contribution in [0.25, 0.3) is 0 Å². The van der Waals surface area contributed by atoms with Crippen molar-refractivity contribution in [3.05, 3.63) is 65.6 Å². The van der Waals surface area contributed by atoms with Crippen LogP contribution >= 0.6 is 11.6 Å². The van der Waals surface area contributed by atoms with E-state index in [0.717, 1.165) is 23.6 Å². The largest absolute Gasteiger partial charge is 0.382 e. The maximum absolute atomic E-state index is 13.0. The molecule has 1 aromatic heterocycles. The first-order valence-electron chi connectivity index (χ1n) is 11.1. The van der Waals surface area contributed by atoms with E-state index in [0.29, 0.717) is 28.4 Å². The molecule has 1 aliphatic carbocycles. The van der Waals surface area contributed by atoms with Gasteiger partial charge in [-0.25, -0.2) is 18.4 Å². The molecule has 172 valence electrons. The summed E-state index contributed by atoms with van der Waals surface area (Å²) in [6.45, 7) is 0.761. The highest BCUT2D eigenvalue weighted by Crippen LogP contribution is 2.49. The van der Waals surface area contributed by atoms with E-state index in [1.807, 2.05) is 6.07 Å². The van der Waals surface area contributed by atoms with Crippen LogP contribution in [0.15, 0.2) is 59.8 Å². The average Bonchev–Trinajstić information content (AvgIpc) is 3.48. The van der Waals surface area contributed by atoms with Gasteiger partial charge in [0.1, 0.15) is 12.0 Å². The Kier molecular flexibility index (Phi) is 5.66. The summed E-state index contributed by atoms with van der Waals surface area (Å²) < 4.78 is 27.3. The summed E-state index contributed by atoms with van der Waals surface area (Å²) in [6.07, 6.45) is 6.44. The fourth-order valence-electron chi connectivity index (χ4n) is 5.09. The Morgan fingerprint density at radius 1 is 1.09 bits per heavy atom. The monoisotopic (exact) mass is 483 g/mol. The number of aromatic nitrogens is 2. The molecule has 2 N–H and O–H groups in total. The van der Waals surface area contributed by atoms with Gasteiger partial charge in [0.25, 0.3) is 10.0 Å². The molecule has 2 aromatic carbocycles. The fourth-order valence-corrected chi connectivity index (χ4v) is 6.68. The summed E-state index contributed by atoms with van der Waals surface area (Å²) >= 11 is 6.63. The van der Waals surface area contributed by atoms with Crippen LogP contribution in [0.2, 0.25) is 5.02 Å². The number of halogens is 1. The molecule has 2 aliphatic rings. The molecule has 0 radical (unpaired) electrons. The number of nitrogen functional groups attached to an aromatic ring is 1. The number of nitrogens with zero attached hydrogens (tertiary/aromatic N) is 4. The summed E-state index contributed by atoms with van der Waals surface area (Å²) in [5.74, 6) is 1.33. The van der Waals surface area contributed by atoms with E-state index >= 15 is 0 Å². The van der Waals surface area contributed by atoms with Crippen molar-refractivity contribution in [1.29, 1.82) is 0 Å². The molecule has 33 heavy (non-hydrogen) atoms. The van der Waals surface area contributed by atoms with Crippen LogP contribution in [0.5, 0.6) is 0 Å². The van der Waals surface area contributed by atoms with E-state index in [4.69, 9.17) is 17.3 Å². The van der Waals surface area contributed by atoms with E-state index in [2.05, 4.69) is 14.9 Å². The van der Waals surface area contributed by atoms with Crippen LogP contribution in [0.4, 0.5) is 22.9 Å². The van der Waals surface area contributed by atoms with Crippen molar-refractivity contribution in [3.63, 3.8) is 0 Å². The van der Waals surface area contributed by atoms with Crippen molar-refractivity contribution in [2.24, 2.45) is 5.92 Å². The molecule has 1 atom stereocenters.